The Kier molecular flexibility index (Phi) is 3.97. The fourth-order valence-electron chi connectivity index (χ4n) is 2.16. The van der Waals surface area contributed by atoms with E-state index >= 15 is 0 Å². The Morgan fingerprint density at radius 1 is 1.00 bits per heavy atom. The lowest BCUT2D eigenvalue weighted by Crippen LogP contribution is -2.11. The number of hydrogen-bond acceptors (Lipinski definition) is 2. The highest BCUT2D eigenvalue weighted by atomic mass is 35.7. The van der Waals surface area contributed by atoms with Gasteiger partial charge in [-0.3, -0.25) is 0 Å². The Labute approximate surface area is 118 Å². The highest BCUT2D eigenvalue weighted by Gasteiger charge is 2.28. The van der Waals surface area contributed by atoms with Crippen LogP contribution < -0.4 is 0 Å². The second kappa shape index (κ2) is 5.35. The van der Waals surface area contributed by atoms with Gasteiger partial charge in [0.1, 0.15) is 5.25 Å². The van der Waals surface area contributed by atoms with Gasteiger partial charge in [0.15, 0.2) is 0 Å². The number of aryl methyl sites for hydroxylation is 2. The predicted octanol–water partition coefficient (Wildman–Crippen LogP) is 3.96. The standard InChI is InChI=1S/C15H15ClO2S/c1-11-8-9-12(2)14(10-11)15(19(16,17)18)13-6-4-3-5-7-13/h3-10,15H,1-2H3. The molecule has 1 unspecified atom stereocenters. The van der Waals surface area contributed by atoms with E-state index in [1.807, 2.05) is 50.2 Å². The third-order valence-electron chi connectivity index (χ3n) is 3.10. The molecule has 0 spiro atoms. The van der Waals surface area contributed by atoms with Gasteiger partial charge in [-0.1, -0.05) is 54.1 Å². The Bertz CT molecular complexity index is 679. The van der Waals surface area contributed by atoms with Crippen molar-refractivity contribution in [2.45, 2.75) is 19.1 Å². The summed E-state index contributed by atoms with van der Waals surface area (Å²) in [4.78, 5) is 0. The maximum atomic E-state index is 12.0. The van der Waals surface area contributed by atoms with Crippen LogP contribution in [0.2, 0.25) is 0 Å². The van der Waals surface area contributed by atoms with Gasteiger partial charge in [0, 0.05) is 10.7 Å². The molecular formula is C15H15ClO2S. The van der Waals surface area contributed by atoms with E-state index in [-0.39, 0.29) is 0 Å². The summed E-state index contributed by atoms with van der Waals surface area (Å²) in [6.45, 7) is 3.83. The molecule has 0 aliphatic heterocycles. The molecule has 0 amide bonds. The molecule has 4 heteroatoms. The fourth-order valence-corrected chi connectivity index (χ4v) is 3.80. The van der Waals surface area contributed by atoms with Crippen LogP contribution in [0.4, 0.5) is 0 Å². The first kappa shape index (κ1) is 14.1. The van der Waals surface area contributed by atoms with Gasteiger partial charge in [0.05, 0.1) is 0 Å². The van der Waals surface area contributed by atoms with Crippen molar-refractivity contribution >= 4 is 19.7 Å². The summed E-state index contributed by atoms with van der Waals surface area (Å²) in [6, 6.07) is 14.8. The van der Waals surface area contributed by atoms with Gasteiger partial charge in [0.2, 0.25) is 9.05 Å². The molecule has 1 atom stereocenters. The first-order valence-corrected chi connectivity index (χ1v) is 8.32. The molecule has 19 heavy (non-hydrogen) atoms. The Hall–Kier alpha value is -1.32. The summed E-state index contributed by atoms with van der Waals surface area (Å²) in [6.07, 6.45) is 0. The summed E-state index contributed by atoms with van der Waals surface area (Å²) < 4.78 is 23.9. The van der Waals surface area contributed by atoms with Crippen LogP contribution in [-0.2, 0) is 9.05 Å². The lowest BCUT2D eigenvalue weighted by molar-refractivity contribution is 0.603. The van der Waals surface area contributed by atoms with Gasteiger partial charge in [-0.25, -0.2) is 8.42 Å². The van der Waals surface area contributed by atoms with Crippen LogP contribution >= 0.6 is 10.7 Å². The molecule has 0 aliphatic carbocycles. The second-order valence-corrected chi connectivity index (χ2v) is 7.34. The molecule has 2 aromatic carbocycles. The van der Waals surface area contributed by atoms with E-state index in [9.17, 15) is 8.42 Å². The van der Waals surface area contributed by atoms with Crippen LogP contribution in [-0.4, -0.2) is 8.42 Å². The van der Waals surface area contributed by atoms with Gasteiger partial charge in [0.25, 0.3) is 0 Å². The lowest BCUT2D eigenvalue weighted by atomic mass is 9.98. The Balaban J connectivity index is 2.67. The summed E-state index contributed by atoms with van der Waals surface area (Å²) in [5.74, 6) is 0. The molecule has 0 bridgehead atoms. The Morgan fingerprint density at radius 2 is 1.63 bits per heavy atom. The molecular weight excluding hydrogens is 280 g/mol. The molecule has 2 nitrogen and oxygen atoms in total. The molecule has 0 N–H and O–H groups in total. The first-order chi connectivity index (χ1) is 8.89. The van der Waals surface area contributed by atoms with E-state index in [4.69, 9.17) is 10.7 Å². The minimum atomic E-state index is -3.74. The van der Waals surface area contributed by atoms with Gasteiger partial charge < -0.3 is 0 Å². The van der Waals surface area contributed by atoms with Gasteiger partial charge in [-0.15, -0.1) is 0 Å². The van der Waals surface area contributed by atoms with E-state index < -0.39 is 14.3 Å². The highest BCUT2D eigenvalue weighted by Crippen LogP contribution is 2.34. The molecule has 0 heterocycles. The van der Waals surface area contributed by atoms with Gasteiger partial charge in [-0.05, 0) is 30.5 Å². The fraction of sp³-hybridized carbons (Fsp3) is 0.200. The molecule has 2 rings (SSSR count). The zero-order chi connectivity index (χ0) is 14.0. The molecule has 100 valence electrons. The zero-order valence-electron chi connectivity index (χ0n) is 10.8. The SMILES string of the molecule is Cc1ccc(C)c(C(c2ccccc2)S(=O)(=O)Cl)c1. The summed E-state index contributed by atoms with van der Waals surface area (Å²) in [7, 11) is 1.93. The average molecular weight is 295 g/mol. The normalized spacial score (nSPS) is 13.2. The summed E-state index contributed by atoms with van der Waals surface area (Å²) >= 11 is 0. The van der Waals surface area contributed by atoms with Crippen LogP contribution in [0.1, 0.15) is 27.5 Å². The molecule has 0 fully saturated rings. The van der Waals surface area contributed by atoms with Crippen LogP contribution in [0.25, 0.3) is 0 Å². The molecule has 0 radical (unpaired) electrons. The van der Waals surface area contributed by atoms with Crippen molar-refractivity contribution in [3.8, 4) is 0 Å². The predicted molar refractivity (Wildman–Crippen MR) is 79.0 cm³/mol. The first-order valence-electron chi connectivity index (χ1n) is 5.95. The monoisotopic (exact) mass is 294 g/mol. The van der Waals surface area contributed by atoms with Gasteiger partial charge in [-0.2, -0.15) is 0 Å². The van der Waals surface area contributed by atoms with Crippen LogP contribution in [0, 0.1) is 13.8 Å². The van der Waals surface area contributed by atoms with E-state index in [0.29, 0.717) is 5.56 Å². The van der Waals surface area contributed by atoms with E-state index in [0.717, 1.165) is 16.7 Å². The van der Waals surface area contributed by atoms with E-state index in [1.54, 1.807) is 12.1 Å². The van der Waals surface area contributed by atoms with E-state index in [1.165, 1.54) is 0 Å². The molecule has 0 aromatic heterocycles. The third-order valence-corrected chi connectivity index (χ3v) is 4.72. The van der Waals surface area contributed by atoms with Crippen LogP contribution in [0.5, 0.6) is 0 Å². The molecule has 0 saturated carbocycles. The van der Waals surface area contributed by atoms with Crippen LogP contribution in [0.3, 0.4) is 0 Å². The van der Waals surface area contributed by atoms with Crippen molar-refractivity contribution in [1.29, 1.82) is 0 Å². The zero-order valence-corrected chi connectivity index (χ0v) is 12.4. The molecule has 0 aliphatic rings. The van der Waals surface area contributed by atoms with Crippen molar-refractivity contribution in [3.05, 3.63) is 70.8 Å². The number of hydrogen-bond donors (Lipinski definition) is 0. The van der Waals surface area contributed by atoms with Crippen molar-refractivity contribution < 1.29 is 8.42 Å². The minimum Gasteiger partial charge on any atom is -0.211 e. The van der Waals surface area contributed by atoms with Crippen molar-refractivity contribution in [3.63, 3.8) is 0 Å². The highest BCUT2D eigenvalue weighted by molar-refractivity contribution is 8.14. The van der Waals surface area contributed by atoms with Crippen molar-refractivity contribution in [2.75, 3.05) is 0 Å². The topological polar surface area (TPSA) is 34.1 Å². The van der Waals surface area contributed by atoms with Crippen molar-refractivity contribution in [1.82, 2.24) is 0 Å². The molecule has 0 saturated heterocycles. The lowest BCUT2D eigenvalue weighted by Gasteiger charge is -2.17. The van der Waals surface area contributed by atoms with Crippen LogP contribution in [0.15, 0.2) is 48.5 Å². The molecule has 2 aromatic rings. The summed E-state index contributed by atoms with van der Waals surface area (Å²) in [5, 5.41) is -0.824. The third kappa shape index (κ3) is 3.17. The summed E-state index contributed by atoms with van der Waals surface area (Å²) in [5.41, 5.74) is 3.36. The average Bonchev–Trinajstić information content (AvgIpc) is 2.33. The smallest absolute Gasteiger partial charge is 0.211 e. The minimum absolute atomic E-state index is 0.686. The second-order valence-electron chi connectivity index (χ2n) is 4.63. The van der Waals surface area contributed by atoms with Crippen molar-refractivity contribution in [2.24, 2.45) is 0 Å². The number of halogens is 1. The maximum absolute atomic E-state index is 12.0. The Morgan fingerprint density at radius 3 is 2.21 bits per heavy atom. The van der Waals surface area contributed by atoms with E-state index in [2.05, 4.69) is 0 Å². The number of rotatable bonds is 3. The maximum Gasteiger partial charge on any atom is 0.243 e. The quantitative estimate of drug-likeness (QED) is 0.803. The number of benzene rings is 2. The largest absolute Gasteiger partial charge is 0.243 e. The van der Waals surface area contributed by atoms with Gasteiger partial charge >= 0.3 is 0 Å².